The van der Waals surface area contributed by atoms with Crippen molar-refractivity contribution in [3.63, 3.8) is 0 Å². The summed E-state index contributed by atoms with van der Waals surface area (Å²) < 4.78 is 16.8. The number of ether oxygens (including phenoxy) is 3. The van der Waals surface area contributed by atoms with Crippen molar-refractivity contribution in [3.05, 3.63) is 23.8 Å². The summed E-state index contributed by atoms with van der Waals surface area (Å²) in [6.07, 6.45) is 4.93. The molecule has 21 heavy (non-hydrogen) atoms. The van der Waals surface area contributed by atoms with Crippen LogP contribution in [0, 0.1) is 0 Å². The number of hydrogen-bond donors (Lipinski definition) is 1. The van der Waals surface area contributed by atoms with E-state index in [1.165, 1.54) is 18.4 Å². The first-order valence-corrected chi connectivity index (χ1v) is 7.95. The monoisotopic (exact) mass is 293 g/mol. The predicted molar refractivity (Wildman–Crippen MR) is 84.1 cm³/mol. The second-order valence-corrected chi connectivity index (χ2v) is 5.45. The molecule has 1 atom stereocenters. The third kappa shape index (κ3) is 5.21. The molecular weight excluding hydrogens is 266 g/mol. The maximum atomic E-state index is 5.74. The number of hydrogen-bond acceptors (Lipinski definition) is 4. The Balaban J connectivity index is 1.82. The van der Waals surface area contributed by atoms with Gasteiger partial charge < -0.3 is 19.5 Å². The molecule has 1 fully saturated rings. The zero-order chi connectivity index (χ0) is 14.9. The van der Waals surface area contributed by atoms with Gasteiger partial charge in [0.15, 0.2) is 11.5 Å². The molecule has 0 spiro atoms. The van der Waals surface area contributed by atoms with E-state index in [1.807, 2.05) is 12.1 Å². The molecular formula is C17H27NO3. The average molecular weight is 293 g/mol. The van der Waals surface area contributed by atoms with Crippen molar-refractivity contribution in [1.29, 1.82) is 0 Å². The van der Waals surface area contributed by atoms with Crippen molar-refractivity contribution < 1.29 is 14.2 Å². The summed E-state index contributed by atoms with van der Waals surface area (Å²) in [6.45, 7) is 5.54. The fourth-order valence-electron chi connectivity index (χ4n) is 2.45. The minimum Gasteiger partial charge on any atom is -0.493 e. The molecule has 4 nitrogen and oxygen atoms in total. The van der Waals surface area contributed by atoms with Gasteiger partial charge in [-0.3, -0.25) is 0 Å². The SMILES string of the molecule is CCCCOc1ccc(CNCC2CCCO2)cc1OC. The molecule has 0 aromatic heterocycles. The van der Waals surface area contributed by atoms with E-state index < -0.39 is 0 Å². The molecule has 0 radical (unpaired) electrons. The topological polar surface area (TPSA) is 39.7 Å². The molecule has 118 valence electrons. The Labute approximate surface area is 127 Å². The number of rotatable bonds is 9. The quantitative estimate of drug-likeness (QED) is 0.710. The molecule has 0 aliphatic carbocycles. The summed E-state index contributed by atoms with van der Waals surface area (Å²) in [6, 6.07) is 6.13. The molecule has 1 aliphatic rings. The van der Waals surface area contributed by atoms with Gasteiger partial charge in [-0.05, 0) is 37.0 Å². The standard InChI is InChI=1S/C17H27NO3/c1-3-4-9-21-16-8-7-14(11-17(16)19-2)12-18-13-15-6-5-10-20-15/h7-8,11,15,18H,3-6,9-10,12-13H2,1-2H3. The molecule has 1 unspecified atom stereocenters. The van der Waals surface area contributed by atoms with E-state index in [4.69, 9.17) is 14.2 Å². The fraction of sp³-hybridized carbons (Fsp3) is 0.647. The first kappa shape index (κ1) is 16.1. The van der Waals surface area contributed by atoms with Gasteiger partial charge in [0.2, 0.25) is 0 Å². The van der Waals surface area contributed by atoms with Gasteiger partial charge in [0.05, 0.1) is 19.8 Å². The van der Waals surface area contributed by atoms with Gasteiger partial charge >= 0.3 is 0 Å². The molecule has 0 saturated carbocycles. The third-order valence-corrected chi connectivity index (χ3v) is 3.71. The minimum atomic E-state index is 0.378. The Bertz CT molecular complexity index is 416. The molecule has 2 rings (SSSR count). The van der Waals surface area contributed by atoms with Crippen molar-refractivity contribution in [2.75, 3.05) is 26.9 Å². The van der Waals surface area contributed by atoms with Gasteiger partial charge in [0.25, 0.3) is 0 Å². The van der Waals surface area contributed by atoms with Crippen molar-refractivity contribution in [3.8, 4) is 11.5 Å². The Morgan fingerprint density at radius 1 is 1.33 bits per heavy atom. The Morgan fingerprint density at radius 3 is 2.95 bits per heavy atom. The van der Waals surface area contributed by atoms with Gasteiger partial charge in [-0.2, -0.15) is 0 Å². The number of nitrogens with one attached hydrogen (secondary N) is 1. The maximum absolute atomic E-state index is 5.74. The van der Waals surface area contributed by atoms with Crippen LogP contribution in [0.1, 0.15) is 38.2 Å². The molecule has 1 heterocycles. The molecule has 4 heteroatoms. The lowest BCUT2D eigenvalue weighted by molar-refractivity contribution is 0.110. The normalized spacial score (nSPS) is 17.9. The number of unbranched alkanes of at least 4 members (excludes halogenated alkanes) is 1. The molecule has 0 amide bonds. The van der Waals surface area contributed by atoms with Crippen molar-refractivity contribution >= 4 is 0 Å². The van der Waals surface area contributed by atoms with E-state index in [0.717, 1.165) is 50.6 Å². The van der Waals surface area contributed by atoms with Gasteiger partial charge in [0, 0.05) is 19.7 Å². The second-order valence-electron chi connectivity index (χ2n) is 5.45. The Hall–Kier alpha value is -1.26. The second kappa shape index (κ2) is 8.90. The fourth-order valence-corrected chi connectivity index (χ4v) is 2.45. The summed E-state index contributed by atoms with van der Waals surface area (Å²) in [4.78, 5) is 0. The van der Waals surface area contributed by atoms with E-state index in [0.29, 0.717) is 6.10 Å². The van der Waals surface area contributed by atoms with E-state index in [9.17, 15) is 0 Å². The highest BCUT2D eigenvalue weighted by atomic mass is 16.5. The molecule has 1 aromatic rings. The van der Waals surface area contributed by atoms with Crippen LogP contribution in [0.2, 0.25) is 0 Å². The Morgan fingerprint density at radius 2 is 2.24 bits per heavy atom. The summed E-state index contributed by atoms with van der Waals surface area (Å²) in [7, 11) is 1.69. The number of methoxy groups -OCH3 is 1. The van der Waals surface area contributed by atoms with Crippen LogP contribution in [0.15, 0.2) is 18.2 Å². The zero-order valence-corrected chi connectivity index (χ0v) is 13.2. The number of benzene rings is 1. The van der Waals surface area contributed by atoms with Crippen molar-refractivity contribution in [1.82, 2.24) is 5.32 Å². The molecule has 1 aromatic carbocycles. The van der Waals surface area contributed by atoms with Gasteiger partial charge in [0.1, 0.15) is 0 Å². The highest BCUT2D eigenvalue weighted by molar-refractivity contribution is 5.42. The van der Waals surface area contributed by atoms with Crippen LogP contribution < -0.4 is 14.8 Å². The van der Waals surface area contributed by atoms with E-state index in [1.54, 1.807) is 7.11 Å². The first-order chi connectivity index (χ1) is 10.3. The van der Waals surface area contributed by atoms with Crippen molar-refractivity contribution in [2.24, 2.45) is 0 Å². The van der Waals surface area contributed by atoms with Crippen LogP contribution >= 0.6 is 0 Å². The lowest BCUT2D eigenvalue weighted by Crippen LogP contribution is -2.25. The maximum Gasteiger partial charge on any atom is 0.161 e. The third-order valence-electron chi connectivity index (χ3n) is 3.71. The minimum absolute atomic E-state index is 0.378. The van der Waals surface area contributed by atoms with Crippen LogP contribution in [0.4, 0.5) is 0 Å². The molecule has 0 bridgehead atoms. The molecule has 1 aliphatic heterocycles. The lowest BCUT2D eigenvalue weighted by atomic mass is 10.2. The molecule has 1 saturated heterocycles. The summed E-state index contributed by atoms with van der Waals surface area (Å²) in [5, 5.41) is 3.45. The van der Waals surface area contributed by atoms with Crippen LogP contribution in [0.25, 0.3) is 0 Å². The van der Waals surface area contributed by atoms with Crippen LogP contribution in [-0.2, 0) is 11.3 Å². The first-order valence-electron chi connectivity index (χ1n) is 7.95. The zero-order valence-electron chi connectivity index (χ0n) is 13.2. The predicted octanol–water partition coefficient (Wildman–Crippen LogP) is 3.14. The van der Waals surface area contributed by atoms with Crippen LogP contribution in [0.5, 0.6) is 11.5 Å². The van der Waals surface area contributed by atoms with Gasteiger partial charge in [-0.1, -0.05) is 19.4 Å². The van der Waals surface area contributed by atoms with E-state index in [2.05, 4.69) is 18.3 Å². The summed E-state index contributed by atoms with van der Waals surface area (Å²) in [5.41, 5.74) is 1.20. The van der Waals surface area contributed by atoms with Crippen molar-refractivity contribution in [2.45, 2.75) is 45.3 Å². The lowest BCUT2D eigenvalue weighted by Gasteiger charge is -2.13. The largest absolute Gasteiger partial charge is 0.493 e. The van der Waals surface area contributed by atoms with Crippen LogP contribution in [0.3, 0.4) is 0 Å². The Kier molecular flexibility index (Phi) is 6.83. The van der Waals surface area contributed by atoms with Gasteiger partial charge in [-0.25, -0.2) is 0 Å². The average Bonchev–Trinajstić information content (AvgIpc) is 3.02. The van der Waals surface area contributed by atoms with Gasteiger partial charge in [-0.15, -0.1) is 0 Å². The van der Waals surface area contributed by atoms with Crippen LogP contribution in [-0.4, -0.2) is 33.0 Å². The summed E-state index contributed by atoms with van der Waals surface area (Å²) >= 11 is 0. The van der Waals surface area contributed by atoms with E-state index in [-0.39, 0.29) is 0 Å². The highest BCUT2D eigenvalue weighted by Gasteiger charge is 2.14. The summed E-state index contributed by atoms with van der Waals surface area (Å²) in [5.74, 6) is 1.64. The molecule has 1 N–H and O–H groups in total. The smallest absolute Gasteiger partial charge is 0.161 e. The highest BCUT2D eigenvalue weighted by Crippen LogP contribution is 2.28. The van der Waals surface area contributed by atoms with E-state index >= 15 is 0 Å².